The first-order valence-electron chi connectivity index (χ1n) is 16.9. The van der Waals surface area contributed by atoms with Crippen LogP contribution in [0.2, 0.25) is 0 Å². The van der Waals surface area contributed by atoms with Crippen molar-refractivity contribution in [1.29, 1.82) is 0 Å². The monoisotopic (exact) mass is 409 g/mol. The van der Waals surface area contributed by atoms with Crippen molar-refractivity contribution in [2.45, 2.75) is 0 Å². The number of hydrogen-bond donors (Lipinski definition) is 0. The Bertz CT molecular complexity index is 2510. The van der Waals surface area contributed by atoms with Gasteiger partial charge in [0.05, 0.1) is 20.6 Å². The lowest BCUT2D eigenvalue weighted by Gasteiger charge is -2.12. The highest BCUT2D eigenvalue weighted by atomic mass is 16.3. The molecule has 0 fully saturated rings. The van der Waals surface area contributed by atoms with Gasteiger partial charge in [-0.3, -0.25) is 0 Å². The first-order valence-corrected chi connectivity index (χ1v) is 9.40. The van der Waals surface area contributed by atoms with Crippen molar-refractivity contribution in [2.75, 3.05) is 0 Å². The van der Waals surface area contributed by atoms with E-state index in [4.69, 9.17) is 25.0 Å². The van der Waals surface area contributed by atoms with Crippen molar-refractivity contribution >= 4 is 54.3 Å². The molecule has 7 aromatic rings. The zero-order chi connectivity index (χ0) is 33.4. The molecule has 1 heterocycles. The summed E-state index contributed by atoms with van der Waals surface area (Å²) in [5, 5.41) is -0.605. The molecule has 0 saturated carbocycles. The smallest absolute Gasteiger partial charge is 0.143 e. The first kappa shape index (κ1) is 7.86. The van der Waals surface area contributed by atoms with Gasteiger partial charge in [-0.2, -0.15) is 0 Å². The second-order valence-electron chi connectivity index (χ2n) is 7.02. The van der Waals surface area contributed by atoms with Crippen molar-refractivity contribution in [2.24, 2.45) is 0 Å². The molecule has 144 valence electrons. The molecule has 0 radical (unpaired) electrons. The van der Waals surface area contributed by atoms with Crippen molar-refractivity contribution in [3.8, 4) is 11.1 Å². The standard InChI is InChI=1S/C30H18O/c1-6-12-25-19(7-1)13-16-27-26-15-14-22(18-28(26)31-30(25)27)29-23-10-4-2-8-20(23)17-21-9-3-5-11-24(21)29/h1-18H/i1D,2D,3D,4D,5D,6D,7D,8D,9D,10D,11D,12D,13D,16D,17D. The van der Waals surface area contributed by atoms with Gasteiger partial charge >= 0.3 is 0 Å². The largest absolute Gasteiger partial charge is 0.455 e. The van der Waals surface area contributed by atoms with Crippen LogP contribution in [0.5, 0.6) is 0 Å². The maximum absolute atomic E-state index is 8.88. The van der Waals surface area contributed by atoms with Crippen LogP contribution in [0.3, 0.4) is 0 Å². The van der Waals surface area contributed by atoms with Gasteiger partial charge in [-0.05, 0) is 62.3 Å². The highest BCUT2D eigenvalue weighted by molar-refractivity contribution is 6.17. The number of furan rings is 1. The Kier molecular flexibility index (Phi) is 1.57. The van der Waals surface area contributed by atoms with Gasteiger partial charge in [0.25, 0.3) is 0 Å². The first-order chi connectivity index (χ1) is 21.6. The second-order valence-corrected chi connectivity index (χ2v) is 7.02. The number of benzene rings is 6. The van der Waals surface area contributed by atoms with Crippen LogP contribution in [0.25, 0.3) is 65.4 Å². The molecule has 0 unspecified atom stereocenters. The van der Waals surface area contributed by atoms with Gasteiger partial charge in [-0.15, -0.1) is 0 Å². The molecular weight excluding hydrogens is 376 g/mol. The average Bonchev–Trinajstić information content (AvgIpc) is 3.42. The van der Waals surface area contributed by atoms with Crippen LogP contribution in [0.15, 0.2) is 113 Å². The van der Waals surface area contributed by atoms with E-state index in [1.165, 1.54) is 18.2 Å². The van der Waals surface area contributed by atoms with E-state index in [9.17, 15) is 0 Å². The molecular formula is C30H18O. The average molecular weight is 410 g/mol. The van der Waals surface area contributed by atoms with E-state index >= 15 is 0 Å². The normalized spacial score (nSPS) is 18.6. The lowest BCUT2D eigenvalue weighted by molar-refractivity contribution is 0.673. The van der Waals surface area contributed by atoms with E-state index in [2.05, 4.69) is 0 Å². The number of fused-ring (bicyclic) bond motifs is 7. The topological polar surface area (TPSA) is 13.1 Å². The highest BCUT2D eigenvalue weighted by Gasteiger charge is 2.14. The lowest BCUT2D eigenvalue weighted by atomic mass is 9.91. The predicted octanol–water partition coefficient (Wildman–Crippen LogP) is 8.71. The van der Waals surface area contributed by atoms with E-state index in [0.29, 0.717) is 5.39 Å². The molecule has 0 aliphatic carbocycles. The van der Waals surface area contributed by atoms with E-state index < -0.39 is 84.6 Å². The fraction of sp³-hybridized carbons (Fsp3) is 0. The van der Waals surface area contributed by atoms with Crippen LogP contribution in [0.1, 0.15) is 20.6 Å². The van der Waals surface area contributed by atoms with Crippen molar-refractivity contribution < 1.29 is 25.0 Å². The third-order valence-electron chi connectivity index (χ3n) is 5.33. The molecule has 0 atom stereocenters. The Morgan fingerprint density at radius 3 is 1.94 bits per heavy atom. The lowest BCUT2D eigenvalue weighted by Crippen LogP contribution is -1.85. The van der Waals surface area contributed by atoms with Crippen molar-refractivity contribution in [1.82, 2.24) is 0 Å². The van der Waals surface area contributed by atoms with Gasteiger partial charge in [0.15, 0.2) is 0 Å². The molecule has 1 heteroatoms. The molecule has 0 spiro atoms. The highest BCUT2D eigenvalue weighted by Crippen LogP contribution is 2.40. The number of hydrogen-bond acceptors (Lipinski definition) is 1. The Balaban J connectivity index is 1.72. The quantitative estimate of drug-likeness (QED) is 0.247. The van der Waals surface area contributed by atoms with E-state index in [1.807, 2.05) is 0 Å². The minimum atomic E-state index is -0.615. The zero-order valence-electron chi connectivity index (χ0n) is 30.6. The molecule has 6 aromatic carbocycles. The summed E-state index contributed by atoms with van der Waals surface area (Å²) in [6.07, 6.45) is 0. The van der Waals surface area contributed by atoms with Crippen LogP contribution >= 0.6 is 0 Å². The van der Waals surface area contributed by atoms with Crippen molar-refractivity contribution in [3.05, 3.63) is 109 Å². The molecule has 0 amide bonds. The summed E-state index contributed by atoms with van der Waals surface area (Å²) in [6, 6.07) is -3.43. The zero-order valence-corrected chi connectivity index (χ0v) is 15.6. The molecule has 0 N–H and O–H groups in total. The van der Waals surface area contributed by atoms with Gasteiger partial charge < -0.3 is 4.42 Å². The Labute approximate surface area is 200 Å². The van der Waals surface area contributed by atoms with Gasteiger partial charge in [-0.25, -0.2) is 0 Å². The van der Waals surface area contributed by atoms with Crippen molar-refractivity contribution in [3.63, 3.8) is 0 Å². The van der Waals surface area contributed by atoms with Crippen LogP contribution in [0, 0.1) is 0 Å². The molecule has 0 bridgehead atoms. The summed E-state index contributed by atoms with van der Waals surface area (Å²) in [6.45, 7) is 0. The maximum Gasteiger partial charge on any atom is 0.143 e. The Morgan fingerprint density at radius 1 is 0.548 bits per heavy atom. The molecule has 0 aliphatic heterocycles. The van der Waals surface area contributed by atoms with Gasteiger partial charge in [0.2, 0.25) is 0 Å². The fourth-order valence-electron chi connectivity index (χ4n) is 3.98. The molecule has 0 aliphatic rings. The van der Waals surface area contributed by atoms with E-state index in [0.717, 1.165) is 0 Å². The Hall–Kier alpha value is -4.10. The summed E-state index contributed by atoms with van der Waals surface area (Å²) in [4.78, 5) is 0. The van der Waals surface area contributed by atoms with Crippen LogP contribution in [0.4, 0.5) is 0 Å². The third-order valence-corrected chi connectivity index (χ3v) is 5.33. The second kappa shape index (κ2) is 6.20. The SMILES string of the molecule is [2H]c1c([2H])c([2H])c2c(-c3ccc4c(c3)oc3c5c([2H])c([2H])c([2H])c([2H])c5c([2H])c([2H])c43)c3c([2H])c([2H])c([2H])c([2H])c3c([2H])c2c1[2H]. The molecule has 1 nitrogen and oxygen atoms in total. The minimum absolute atomic E-state index is 0.00130. The predicted molar refractivity (Wildman–Crippen MR) is 132 cm³/mol. The summed E-state index contributed by atoms with van der Waals surface area (Å²) in [5.74, 6) is 0. The number of rotatable bonds is 1. The summed E-state index contributed by atoms with van der Waals surface area (Å²) < 4.78 is 133. The van der Waals surface area contributed by atoms with Gasteiger partial charge in [-0.1, -0.05) is 84.6 Å². The summed E-state index contributed by atoms with van der Waals surface area (Å²) in [7, 11) is 0. The van der Waals surface area contributed by atoms with Crippen LogP contribution in [-0.4, -0.2) is 0 Å². The third kappa shape index (κ3) is 2.38. The summed E-state index contributed by atoms with van der Waals surface area (Å²) >= 11 is 0. The van der Waals surface area contributed by atoms with Crippen LogP contribution < -0.4 is 0 Å². The molecule has 1 aromatic heterocycles. The molecule has 31 heavy (non-hydrogen) atoms. The van der Waals surface area contributed by atoms with E-state index in [-0.39, 0.29) is 66.0 Å². The summed E-state index contributed by atoms with van der Waals surface area (Å²) in [5.41, 5.74) is 0.218. The maximum atomic E-state index is 8.88. The Morgan fingerprint density at radius 2 is 1.19 bits per heavy atom. The van der Waals surface area contributed by atoms with Gasteiger partial charge in [0, 0.05) is 16.2 Å². The van der Waals surface area contributed by atoms with Crippen LogP contribution in [-0.2, 0) is 0 Å². The van der Waals surface area contributed by atoms with Gasteiger partial charge in [0.1, 0.15) is 11.2 Å². The minimum Gasteiger partial charge on any atom is -0.455 e. The molecule has 0 saturated heterocycles. The molecule has 7 rings (SSSR count). The van der Waals surface area contributed by atoms with E-state index in [1.54, 1.807) is 0 Å². The fourth-order valence-corrected chi connectivity index (χ4v) is 3.98.